The Labute approximate surface area is 133 Å². The average Bonchev–Trinajstić information content (AvgIpc) is 2.52. The molecule has 0 amide bonds. The van der Waals surface area contributed by atoms with Crippen molar-refractivity contribution in [3.8, 4) is 0 Å². The molecule has 0 radical (unpaired) electrons. The predicted molar refractivity (Wildman–Crippen MR) is 91.2 cm³/mol. The van der Waals surface area contributed by atoms with E-state index in [4.69, 9.17) is 15.9 Å². The quantitative estimate of drug-likeness (QED) is 0.411. The van der Waals surface area contributed by atoms with Gasteiger partial charge in [-0.2, -0.15) is 0 Å². The number of nitrogens with one attached hydrogen (secondary N) is 1. The normalized spacial score (nSPS) is 15.9. The zero-order valence-electron chi connectivity index (χ0n) is 14.5. The molecule has 0 aliphatic carbocycles. The molecular weight excluding hydrogens is 283 g/mol. The SMILES string of the molecule is CCC(/C(=N\C)N(C=N)C/C(CF)=C(\C)C(C)OC)=C(/C)N. The lowest BCUT2D eigenvalue weighted by Crippen LogP contribution is -2.34. The fourth-order valence-electron chi connectivity index (χ4n) is 2.17. The lowest BCUT2D eigenvalue weighted by molar-refractivity contribution is 0.145. The topological polar surface area (TPSA) is 74.7 Å². The van der Waals surface area contributed by atoms with Crippen LogP contribution in [0.4, 0.5) is 4.39 Å². The summed E-state index contributed by atoms with van der Waals surface area (Å²) in [4.78, 5) is 5.85. The Morgan fingerprint density at radius 3 is 2.36 bits per heavy atom. The second kappa shape index (κ2) is 10.1. The van der Waals surface area contributed by atoms with Gasteiger partial charge in [0.15, 0.2) is 0 Å². The van der Waals surface area contributed by atoms with Gasteiger partial charge >= 0.3 is 0 Å². The summed E-state index contributed by atoms with van der Waals surface area (Å²) in [6, 6.07) is 0. The summed E-state index contributed by atoms with van der Waals surface area (Å²) in [5, 5.41) is 7.65. The largest absolute Gasteiger partial charge is 0.402 e. The fraction of sp³-hybridized carbons (Fsp3) is 0.625. The molecule has 1 atom stereocenters. The summed E-state index contributed by atoms with van der Waals surface area (Å²) >= 11 is 0. The molecule has 3 N–H and O–H groups in total. The lowest BCUT2D eigenvalue weighted by Gasteiger charge is -2.25. The molecule has 1 unspecified atom stereocenters. The molecule has 0 aromatic rings. The van der Waals surface area contributed by atoms with Crippen LogP contribution in [0.2, 0.25) is 0 Å². The molecule has 0 saturated carbocycles. The molecule has 6 heteroatoms. The van der Waals surface area contributed by atoms with E-state index in [0.717, 1.165) is 17.5 Å². The van der Waals surface area contributed by atoms with E-state index in [1.165, 1.54) is 0 Å². The van der Waals surface area contributed by atoms with Crippen LogP contribution in [0.1, 0.15) is 34.1 Å². The molecular formula is C16H29FN4O. The molecule has 126 valence electrons. The number of aliphatic imine (C=N–C) groups is 1. The molecule has 0 rings (SSSR count). The highest BCUT2D eigenvalue weighted by molar-refractivity contribution is 6.04. The summed E-state index contributed by atoms with van der Waals surface area (Å²) in [7, 11) is 3.24. The maximum atomic E-state index is 13.4. The van der Waals surface area contributed by atoms with E-state index in [9.17, 15) is 4.39 Å². The highest BCUT2D eigenvalue weighted by Crippen LogP contribution is 2.16. The lowest BCUT2D eigenvalue weighted by atomic mass is 10.0. The van der Waals surface area contributed by atoms with Crippen LogP contribution < -0.4 is 5.73 Å². The van der Waals surface area contributed by atoms with E-state index in [-0.39, 0.29) is 12.6 Å². The molecule has 0 heterocycles. The van der Waals surface area contributed by atoms with Gasteiger partial charge < -0.3 is 15.4 Å². The van der Waals surface area contributed by atoms with Crippen molar-refractivity contribution in [2.45, 2.75) is 40.2 Å². The van der Waals surface area contributed by atoms with E-state index in [2.05, 4.69) is 4.99 Å². The minimum absolute atomic E-state index is 0.169. The van der Waals surface area contributed by atoms with E-state index in [1.54, 1.807) is 26.0 Å². The van der Waals surface area contributed by atoms with Crippen LogP contribution in [0, 0.1) is 5.41 Å². The van der Waals surface area contributed by atoms with Crippen LogP contribution in [0.5, 0.6) is 0 Å². The van der Waals surface area contributed by atoms with Crippen molar-refractivity contribution >= 4 is 12.2 Å². The van der Waals surface area contributed by atoms with Crippen molar-refractivity contribution < 1.29 is 9.13 Å². The number of alkyl halides is 1. The summed E-state index contributed by atoms with van der Waals surface area (Å²) in [5.41, 5.74) is 8.84. The third-order valence-corrected chi connectivity index (χ3v) is 3.78. The third kappa shape index (κ3) is 5.26. The summed E-state index contributed by atoms with van der Waals surface area (Å²) in [6.45, 7) is 7.16. The van der Waals surface area contributed by atoms with Gasteiger partial charge in [0.05, 0.1) is 12.4 Å². The molecule has 0 aliphatic rings. The van der Waals surface area contributed by atoms with Crippen LogP contribution in [0.15, 0.2) is 27.4 Å². The van der Waals surface area contributed by atoms with Crippen molar-refractivity contribution in [3.63, 3.8) is 0 Å². The highest BCUT2D eigenvalue weighted by atomic mass is 19.1. The number of hydrogen-bond donors (Lipinski definition) is 2. The Morgan fingerprint density at radius 1 is 1.45 bits per heavy atom. The Morgan fingerprint density at radius 2 is 2.05 bits per heavy atom. The first-order valence-electron chi connectivity index (χ1n) is 7.34. The highest BCUT2D eigenvalue weighted by Gasteiger charge is 2.18. The summed E-state index contributed by atoms with van der Waals surface area (Å²) in [5.74, 6) is 0.598. The van der Waals surface area contributed by atoms with E-state index in [0.29, 0.717) is 23.5 Å². The van der Waals surface area contributed by atoms with E-state index >= 15 is 0 Å². The number of ether oxygens (including phenoxy) is 1. The molecule has 0 aromatic carbocycles. The van der Waals surface area contributed by atoms with Crippen LogP contribution in [-0.2, 0) is 4.74 Å². The van der Waals surface area contributed by atoms with Crippen LogP contribution in [0.25, 0.3) is 0 Å². The first kappa shape index (κ1) is 20.3. The van der Waals surface area contributed by atoms with Crippen LogP contribution in [0.3, 0.4) is 0 Å². The van der Waals surface area contributed by atoms with E-state index < -0.39 is 6.67 Å². The van der Waals surface area contributed by atoms with Crippen LogP contribution in [-0.4, -0.2) is 50.6 Å². The number of nitrogens with zero attached hydrogens (tertiary/aromatic N) is 2. The summed E-state index contributed by atoms with van der Waals surface area (Å²) < 4.78 is 18.7. The van der Waals surface area contributed by atoms with Crippen LogP contribution >= 0.6 is 0 Å². The zero-order valence-corrected chi connectivity index (χ0v) is 14.5. The number of nitrogens with two attached hydrogens (primary N) is 1. The number of allylic oxidation sites excluding steroid dienone is 1. The first-order chi connectivity index (χ1) is 10.4. The third-order valence-electron chi connectivity index (χ3n) is 3.78. The Balaban J connectivity index is 5.61. The maximum absolute atomic E-state index is 13.4. The molecule has 22 heavy (non-hydrogen) atoms. The van der Waals surface area contributed by atoms with Gasteiger partial charge in [0.1, 0.15) is 12.5 Å². The smallest absolute Gasteiger partial charge is 0.133 e. The second-order valence-electron chi connectivity index (χ2n) is 5.12. The van der Waals surface area contributed by atoms with Gasteiger partial charge in [0.2, 0.25) is 0 Å². The number of hydrogen-bond acceptors (Lipinski definition) is 4. The van der Waals surface area contributed by atoms with Gasteiger partial charge in [-0.05, 0) is 38.3 Å². The van der Waals surface area contributed by atoms with Gasteiger partial charge in [0, 0.05) is 32.0 Å². The number of halogens is 1. The van der Waals surface area contributed by atoms with Crippen molar-refractivity contribution in [2.24, 2.45) is 10.7 Å². The summed E-state index contributed by atoms with van der Waals surface area (Å²) in [6.07, 6.45) is 1.68. The predicted octanol–water partition coefficient (Wildman–Crippen LogP) is 2.89. The monoisotopic (exact) mass is 312 g/mol. The Hall–Kier alpha value is -1.69. The zero-order chi connectivity index (χ0) is 17.3. The van der Waals surface area contributed by atoms with Gasteiger partial charge in [-0.1, -0.05) is 6.92 Å². The van der Waals surface area contributed by atoms with Gasteiger partial charge in [-0.3, -0.25) is 10.4 Å². The van der Waals surface area contributed by atoms with Crippen molar-refractivity contribution in [1.82, 2.24) is 4.90 Å². The molecule has 0 saturated heterocycles. The molecule has 0 aromatic heterocycles. The number of methoxy groups -OCH3 is 1. The fourth-order valence-corrected chi connectivity index (χ4v) is 2.17. The van der Waals surface area contributed by atoms with Gasteiger partial charge in [-0.25, -0.2) is 4.39 Å². The van der Waals surface area contributed by atoms with Gasteiger partial charge in [0.25, 0.3) is 0 Å². The molecule has 0 fully saturated rings. The van der Waals surface area contributed by atoms with Gasteiger partial charge in [-0.15, -0.1) is 0 Å². The minimum atomic E-state index is -0.590. The average molecular weight is 312 g/mol. The second-order valence-corrected chi connectivity index (χ2v) is 5.12. The number of rotatable bonds is 8. The Kier molecular flexibility index (Phi) is 9.33. The maximum Gasteiger partial charge on any atom is 0.133 e. The molecule has 0 aliphatic heterocycles. The number of amidine groups is 1. The first-order valence-corrected chi connectivity index (χ1v) is 7.34. The molecule has 0 bridgehead atoms. The van der Waals surface area contributed by atoms with Crippen molar-refractivity contribution in [2.75, 3.05) is 27.4 Å². The van der Waals surface area contributed by atoms with E-state index in [1.807, 2.05) is 20.8 Å². The standard InChI is InChI=1S/C16H29FN4O/c1-7-15(12(3)19)16(20-5)21(10-18)9-14(8-17)11(2)13(4)22-6/h10,13,18H,7-9,19H2,1-6H3/b14-11+,15-12+,18-10?,20-16+. The van der Waals surface area contributed by atoms with Crippen molar-refractivity contribution in [3.05, 3.63) is 22.4 Å². The van der Waals surface area contributed by atoms with Crippen molar-refractivity contribution in [1.29, 1.82) is 5.41 Å². The minimum Gasteiger partial charge on any atom is -0.402 e. The Bertz CT molecular complexity index is 465. The molecule has 0 spiro atoms. The molecule has 5 nitrogen and oxygen atoms in total.